The van der Waals surface area contributed by atoms with E-state index in [0.29, 0.717) is 0 Å². The topological polar surface area (TPSA) is 0 Å². The second-order valence-corrected chi connectivity index (χ2v) is 6.00. The predicted octanol–water partition coefficient (Wildman–Crippen LogP) is 5.90. The number of benzene rings is 2. The molecule has 0 radical (unpaired) electrons. The van der Waals surface area contributed by atoms with Gasteiger partial charge in [-0.15, -0.1) is 11.6 Å². The molecule has 0 aromatic heterocycles. The van der Waals surface area contributed by atoms with Crippen molar-refractivity contribution < 1.29 is 0 Å². The molecule has 0 amide bonds. The molecule has 0 nitrogen and oxygen atoms in total. The quantitative estimate of drug-likeness (QED) is 0.609. The Balaban J connectivity index is 2.36. The number of hydrogen-bond donors (Lipinski definition) is 0. The van der Waals surface area contributed by atoms with E-state index >= 15 is 0 Å². The summed E-state index contributed by atoms with van der Waals surface area (Å²) < 4.78 is 1.07. The molecular formula is C17H18BrCl. The maximum absolute atomic E-state index is 6.61. The van der Waals surface area contributed by atoms with Gasteiger partial charge in [0.05, 0.1) is 5.38 Å². The lowest BCUT2D eigenvalue weighted by Crippen LogP contribution is -1.98. The van der Waals surface area contributed by atoms with Crippen LogP contribution in [0.4, 0.5) is 0 Å². The second-order valence-electron chi connectivity index (χ2n) is 4.65. The van der Waals surface area contributed by atoms with Gasteiger partial charge in [-0.25, -0.2) is 0 Å². The molecule has 0 spiro atoms. The number of aryl methyl sites for hydroxylation is 2. The van der Waals surface area contributed by atoms with Crippen LogP contribution in [0.1, 0.15) is 41.5 Å². The van der Waals surface area contributed by atoms with Crippen molar-refractivity contribution in [2.24, 2.45) is 0 Å². The van der Waals surface area contributed by atoms with Crippen molar-refractivity contribution in [1.82, 2.24) is 0 Å². The first-order valence-corrected chi connectivity index (χ1v) is 7.89. The fraction of sp³-hybridized carbons (Fsp3) is 0.294. The summed E-state index contributed by atoms with van der Waals surface area (Å²) in [5.41, 5.74) is 5.13. The van der Waals surface area contributed by atoms with Crippen LogP contribution in [0.2, 0.25) is 0 Å². The summed E-state index contributed by atoms with van der Waals surface area (Å²) in [6.45, 7) is 4.39. The third-order valence-corrected chi connectivity index (χ3v) is 4.42. The molecule has 19 heavy (non-hydrogen) atoms. The lowest BCUT2D eigenvalue weighted by molar-refractivity contribution is 1.02. The van der Waals surface area contributed by atoms with Crippen LogP contribution in [0.5, 0.6) is 0 Å². The number of halogens is 2. The van der Waals surface area contributed by atoms with Crippen LogP contribution in [-0.4, -0.2) is 0 Å². The van der Waals surface area contributed by atoms with Crippen LogP contribution < -0.4 is 0 Å². The largest absolute Gasteiger partial charge is 0.113 e. The van der Waals surface area contributed by atoms with Crippen LogP contribution in [-0.2, 0) is 12.8 Å². The number of alkyl halides is 1. The molecule has 100 valence electrons. The molecule has 1 atom stereocenters. The summed E-state index contributed by atoms with van der Waals surface area (Å²) in [6.07, 6.45) is 2.13. The molecule has 0 bridgehead atoms. The van der Waals surface area contributed by atoms with Crippen LogP contribution in [0.15, 0.2) is 46.9 Å². The lowest BCUT2D eigenvalue weighted by atomic mass is 9.96. The maximum atomic E-state index is 6.61. The maximum Gasteiger partial charge on any atom is 0.0835 e. The van der Waals surface area contributed by atoms with E-state index in [4.69, 9.17) is 11.6 Å². The van der Waals surface area contributed by atoms with E-state index in [1.165, 1.54) is 16.7 Å². The minimum Gasteiger partial charge on any atom is -0.113 e. The Morgan fingerprint density at radius 3 is 2.26 bits per heavy atom. The predicted molar refractivity (Wildman–Crippen MR) is 87.0 cm³/mol. The molecule has 2 aromatic carbocycles. The molecule has 0 aliphatic rings. The minimum atomic E-state index is -0.0892. The van der Waals surface area contributed by atoms with Crippen molar-refractivity contribution in [1.29, 1.82) is 0 Å². The normalized spacial score (nSPS) is 12.4. The number of rotatable bonds is 4. The molecule has 2 aromatic rings. The van der Waals surface area contributed by atoms with Gasteiger partial charge in [0, 0.05) is 4.47 Å². The average molecular weight is 338 g/mol. The van der Waals surface area contributed by atoms with Crippen LogP contribution in [0.3, 0.4) is 0 Å². The van der Waals surface area contributed by atoms with E-state index in [2.05, 4.69) is 60.1 Å². The molecule has 2 rings (SSSR count). The van der Waals surface area contributed by atoms with Gasteiger partial charge in [-0.05, 0) is 47.2 Å². The Labute approximate surface area is 128 Å². The van der Waals surface area contributed by atoms with Gasteiger partial charge in [0.1, 0.15) is 0 Å². The highest BCUT2D eigenvalue weighted by Gasteiger charge is 2.12. The minimum absolute atomic E-state index is 0.0892. The summed E-state index contributed by atoms with van der Waals surface area (Å²) in [6, 6.07) is 14.8. The van der Waals surface area contributed by atoms with E-state index in [9.17, 15) is 0 Å². The van der Waals surface area contributed by atoms with Crippen molar-refractivity contribution in [2.45, 2.75) is 32.1 Å². The average Bonchev–Trinajstić information content (AvgIpc) is 2.45. The highest BCUT2D eigenvalue weighted by atomic mass is 79.9. The molecule has 0 heterocycles. The standard InChI is InChI=1S/C17H18BrCl/c1-3-12-8-9-15(10-13(12)4-2)17(19)14-6-5-7-16(18)11-14/h5-11,17H,3-4H2,1-2H3. The molecule has 0 aliphatic heterocycles. The third-order valence-electron chi connectivity index (χ3n) is 3.43. The second kappa shape index (κ2) is 6.58. The highest BCUT2D eigenvalue weighted by molar-refractivity contribution is 9.10. The van der Waals surface area contributed by atoms with Gasteiger partial charge in [-0.1, -0.05) is 60.1 Å². The lowest BCUT2D eigenvalue weighted by Gasteiger charge is -2.14. The first-order chi connectivity index (χ1) is 9.15. The Kier molecular flexibility index (Phi) is 5.06. The first kappa shape index (κ1) is 14.6. The van der Waals surface area contributed by atoms with Crippen molar-refractivity contribution in [2.75, 3.05) is 0 Å². The van der Waals surface area contributed by atoms with E-state index in [1.54, 1.807) is 0 Å². The van der Waals surface area contributed by atoms with E-state index < -0.39 is 0 Å². The Hall–Kier alpha value is -0.790. The Bertz CT molecular complexity index is 563. The zero-order valence-electron chi connectivity index (χ0n) is 11.3. The SMILES string of the molecule is CCc1ccc(C(Cl)c2cccc(Br)c2)cc1CC. The van der Waals surface area contributed by atoms with Crippen molar-refractivity contribution in [3.05, 3.63) is 69.2 Å². The fourth-order valence-electron chi connectivity index (χ4n) is 2.33. The van der Waals surface area contributed by atoms with Gasteiger partial charge in [0.25, 0.3) is 0 Å². The zero-order chi connectivity index (χ0) is 13.8. The van der Waals surface area contributed by atoms with Gasteiger partial charge in [0.2, 0.25) is 0 Å². The van der Waals surface area contributed by atoms with Gasteiger partial charge in [-0.2, -0.15) is 0 Å². The first-order valence-electron chi connectivity index (χ1n) is 6.67. The molecule has 0 saturated heterocycles. The monoisotopic (exact) mass is 336 g/mol. The van der Waals surface area contributed by atoms with Gasteiger partial charge in [-0.3, -0.25) is 0 Å². The Morgan fingerprint density at radius 1 is 0.947 bits per heavy atom. The summed E-state index contributed by atoms with van der Waals surface area (Å²) in [4.78, 5) is 0. The molecular weight excluding hydrogens is 320 g/mol. The van der Waals surface area contributed by atoms with Gasteiger partial charge in [0.15, 0.2) is 0 Å². The summed E-state index contributed by atoms with van der Waals surface area (Å²) in [5, 5.41) is -0.0892. The summed E-state index contributed by atoms with van der Waals surface area (Å²) in [5.74, 6) is 0. The van der Waals surface area contributed by atoms with Crippen LogP contribution in [0, 0.1) is 0 Å². The van der Waals surface area contributed by atoms with E-state index in [-0.39, 0.29) is 5.38 Å². The summed E-state index contributed by atoms with van der Waals surface area (Å²) >= 11 is 10.1. The van der Waals surface area contributed by atoms with Crippen molar-refractivity contribution in [3.63, 3.8) is 0 Å². The fourth-order valence-corrected chi connectivity index (χ4v) is 3.02. The molecule has 0 saturated carbocycles. The van der Waals surface area contributed by atoms with Crippen molar-refractivity contribution in [3.8, 4) is 0 Å². The zero-order valence-corrected chi connectivity index (χ0v) is 13.6. The van der Waals surface area contributed by atoms with Gasteiger partial charge >= 0.3 is 0 Å². The molecule has 0 N–H and O–H groups in total. The third kappa shape index (κ3) is 3.40. The molecule has 2 heteroatoms. The Morgan fingerprint density at radius 2 is 1.63 bits per heavy atom. The van der Waals surface area contributed by atoms with E-state index in [1.807, 2.05) is 12.1 Å². The highest BCUT2D eigenvalue weighted by Crippen LogP contribution is 2.31. The van der Waals surface area contributed by atoms with E-state index in [0.717, 1.165) is 22.9 Å². The summed E-state index contributed by atoms with van der Waals surface area (Å²) in [7, 11) is 0. The molecule has 0 aliphatic carbocycles. The smallest absolute Gasteiger partial charge is 0.0835 e. The number of hydrogen-bond acceptors (Lipinski definition) is 0. The van der Waals surface area contributed by atoms with Crippen LogP contribution >= 0.6 is 27.5 Å². The molecule has 1 unspecified atom stereocenters. The van der Waals surface area contributed by atoms with Gasteiger partial charge < -0.3 is 0 Å². The molecule has 0 fully saturated rings. The van der Waals surface area contributed by atoms with Crippen molar-refractivity contribution >= 4 is 27.5 Å². The van der Waals surface area contributed by atoms with Crippen LogP contribution in [0.25, 0.3) is 0 Å².